The monoisotopic (exact) mass is 233 g/mol. The van der Waals surface area contributed by atoms with Gasteiger partial charge in [-0.2, -0.15) is 0 Å². The van der Waals surface area contributed by atoms with Crippen molar-refractivity contribution in [2.45, 2.75) is 27.4 Å². The third kappa shape index (κ3) is 2.94. The molecule has 3 nitrogen and oxygen atoms in total. The summed E-state index contributed by atoms with van der Waals surface area (Å²) >= 11 is 0. The van der Waals surface area contributed by atoms with Gasteiger partial charge >= 0.3 is 0 Å². The van der Waals surface area contributed by atoms with Gasteiger partial charge < -0.3 is 9.84 Å². The lowest BCUT2D eigenvalue weighted by atomic mass is 10.1. The van der Waals surface area contributed by atoms with Gasteiger partial charge in [-0.1, -0.05) is 13.8 Å². The summed E-state index contributed by atoms with van der Waals surface area (Å²) in [5.41, 5.74) is 2.77. The predicted molar refractivity (Wildman–Crippen MR) is 70.3 cm³/mol. The van der Waals surface area contributed by atoms with Crippen molar-refractivity contribution < 1.29 is 9.84 Å². The molecule has 0 aliphatic carbocycles. The zero-order valence-corrected chi connectivity index (χ0v) is 10.8. The number of aliphatic hydroxyl groups is 1. The van der Waals surface area contributed by atoms with Crippen molar-refractivity contribution in [1.29, 1.82) is 0 Å². The van der Waals surface area contributed by atoms with Crippen LogP contribution in [-0.4, -0.2) is 17.2 Å². The Kier molecular flexibility index (Phi) is 4.91. The standard InChI is InChI=1S/C12H13NO2.C2H6/c1-8-3-10-4-9(7-14)5-11(15-2)12(10)13-6-8;1-2/h3-6,14H,7H2,1-2H3;1-2H3. The second kappa shape index (κ2) is 6.21. The van der Waals surface area contributed by atoms with Crippen molar-refractivity contribution in [2.24, 2.45) is 0 Å². The lowest BCUT2D eigenvalue weighted by Crippen LogP contribution is -1.92. The van der Waals surface area contributed by atoms with Gasteiger partial charge in [0.05, 0.1) is 13.7 Å². The number of methoxy groups -OCH3 is 1. The minimum Gasteiger partial charge on any atom is -0.494 e. The molecule has 1 heterocycles. The van der Waals surface area contributed by atoms with E-state index in [1.165, 1.54) is 0 Å². The smallest absolute Gasteiger partial charge is 0.145 e. The van der Waals surface area contributed by atoms with E-state index in [0.717, 1.165) is 22.0 Å². The topological polar surface area (TPSA) is 42.4 Å². The number of aliphatic hydroxyl groups excluding tert-OH is 1. The molecule has 3 heteroatoms. The van der Waals surface area contributed by atoms with Crippen molar-refractivity contribution in [2.75, 3.05) is 7.11 Å². The first-order valence-electron chi connectivity index (χ1n) is 5.78. The van der Waals surface area contributed by atoms with Crippen LogP contribution in [0.25, 0.3) is 10.9 Å². The number of nitrogens with zero attached hydrogens (tertiary/aromatic N) is 1. The SMILES string of the molecule is CC.COc1cc(CO)cc2cc(C)cnc12. The van der Waals surface area contributed by atoms with Gasteiger partial charge in [-0.15, -0.1) is 0 Å². The molecule has 1 aromatic carbocycles. The normalized spacial score (nSPS) is 9.71. The number of benzene rings is 1. The first kappa shape index (κ1) is 13.5. The highest BCUT2D eigenvalue weighted by Crippen LogP contribution is 2.26. The zero-order valence-electron chi connectivity index (χ0n) is 10.8. The Labute approximate surface area is 102 Å². The van der Waals surface area contributed by atoms with Crippen LogP contribution in [-0.2, 0) is 6.61 Å². The van der Waals surface area contributed by atoms with E-state index < -0.39 is 0 Å². The summed E-state index contributed by atoms with van der Waals surface area (Å²) in [6.45, 7) is 6.00. The maximum absolute atomic E-state index is 9.11. The first-order valence-corrected chi connectivity index (χ1v) is 5.78. The fraction of sp³-hybridized carbons (Fsp3) is 0.357. The van der Waals surface area contributed by atoms with Crippen LogP contribution < -0.4 is 4.74 Å². The van der Waals surface area contributed by atoms with Crippen LogP contribution in [0.15, 0.2) is 24.4 Å². The highest BCUT2D eigenvalue weighted by atomic mass is 16.5. The summed E-state index contributed by atoms with van der Waals surface area (Å²) in [7, 11) is 1.61. The lowest BCUT2D eigenvalue weighted by Gasteiger charge is -2.07. The minimum absolute atomic E-state index is 0.0141. The van der Waals surface area contributed by atoms with Crippen LogP contribution in [0.5, 0.6) is 5.75 Å². The van der Waals surface area contributed by atoms with E-state index in [9.17, 15) is 0 Å². The molecule has 92 valence electrons. The molecule has 1 N–H and O–H groups in total. The van der Waals surface area contributed by atoms with Crippen LogP contribution in [0.4, 0.5) is 0 Å². The Morgan fingerprint density at radius 1 is 1.24 bits per heavy atom. The average molecular weight is 233 g/mol. The number of fused-ring (bicyclic) bond motifs is 1. The maximum Gasteiger partial charge on any atom is 0.145 e. The Bertz CT molecular complexity index is 495. The van der Waals surface area contributed by atoms with Gasteiger partial charge in [-0.25, -0.2) is 0 Å². The average Bonchev–Trinajstić information content (AvgIpc) is 2.39. The van der Waals surface area contributed by atoms with Gasteiger partial charge in [0, 0.05) is 11.6 Å². The van der Waals surface area contributed by atoms with E-state index in [2.05, 4.69) is 4.98 Å². The molecule has 0 saturated heterocycles. The number of hydrogen-bond donors (Lipinski definition) is 1. The molecule has 0 fully saturated rings. The molecule has 0 bridgehead atoms. The molecule has 2 aromatic rings. The van der Waals surface area contributed by atoms with Crippen molar-refractivity contribution >= 4 is 10.9 Å². The number of ether oxygens (including phenoxy) is 1. The fourth-order valence-corrected chi connectivity index (χ4v) is 1.63. The van der Waals surface area contributed by atoms with E-state index >= 15 is 0 Å². The van der Waals surface area contributed by atoms with Crippen molar-refractivity contribution in [1.82, 2.24) is 4.98 Å². The van der Waals surface area contributed by atoms with E-state index in [1.54, 1.807) is 7.11 Å². The van der Waals surface area contributed by atoms with Gasteiger partial charge in [0.15, 0.2) is 0 Å². The largest absolute Gasteiger partial charge is 0.494 e. The van der Waals surface area contributed by atoms with Crippen LogP contribution in [0.2, 0.25) is 0 Å². The Morgan fingerprint density at radius 2 is 1.94 bits per heavy atom. The van der Waals surface area contributed by atoms with Crippen molar-refractivity contribution in [3.63, 3.8) is 0 Å². The number of hydrogen-bond acceptors (Lipinski definition) is 3. The molecular formula is C14H19NO2. The summed E-state index contributed by atoms with van der Waals surface area (Å²) in [4.78, 5) is 4.32. The highest BCUT2D eigenvalue weighted by Gasteiger charge is 2.05. The Morgan fingerprint density at radius 3 is 2.53 bits per heavy atom. The Balaban J connectivity index is 0.000000686. The van der Waals surface area contributed by atoms with Crippen LogP contribution in [0, 0.1) is 6.92 Å². The van der Waals surface area contributed by atoms with Crippen LogP contribution in [0.1, 0.15) is 25.0 Å². The molecule has 0 saturated carbocycles. The molecule has 1 aromatic heterocycles. The molecule has 0 unspecified atom stereocenters. The fourth-order valence-electron chi connectivity index (χ4n) is 1.63. The predicted octanol–water partition coefficient (Wildman–Crippen LogP) is 3.07. The second-order valence-corrected chi connectivity index (χ2v) is 3.54. The molecule has 0 aliphatic rings. The number of aromatic nitrogens is 1. The van der Waals surface area contributed by atoms with E-state index in [4.69, 9.17) is 9.84 Å². The van der Waals surface area contributed by atoms with Gasteiger partial charge in [0.25, 0.3) is 0 Å². The van der Waals surface area contributed by atoms with Crippen LogP contribution >= 0.6 is 0 Å². The molecule has 0 spiro atoms. The number of aryl methyl sites for hydroxylation is 1. The molecule has 0 amide bonds. The summed E-state index contributed by atoms with van der Waals surface area (Å²) in [5, 5.41) is 10.1. The molecule has 2 rings (SSSR count). The molecular weight excluding hydrogens is 214 g/mol. The molecule has 0 aliphatic heterocycles. The van der Waals surface area contributed by atoms with Gasteiger partial charge in [-0.05, 0) is 36.2 Å². The van der Waals surface area contributed by atoms with E-state index in [1.807, 2.05) is 45.2 Å². The minimum atomic E-state index is 0.0141. The van der Waals surface area contributed by atoms with E-state index in [-0.39, 0.29) is 6.61 Å². The number of pyridine rings is 1. The first-order chi connectivity index (χ1) is 8.24. The van der Waals surface area contributed by atoms with Gasteiger partial charge in [-0.3, -0.25) is 4.98 Å². The molecule has 0 radical (unpaired) electrons. The van der Waals surface area contributed by atoms with Crippen molar-refractivity contribution in [3.05, 3.63) is 35.5 Å². The quantitative estimate of drug-likeness (QED) is 0.866. The third-order valence-electron chi connectivity index (χ3n) is 2.35. The third-order valence-corrected chi connectivity index (χ3v) is 2.35. The molecule has 17 heavy (non-hydrogen) atoms. The Hall–Kier alpha value is -1.61. The summed E-state index contributed by atoms with van der Waals surface area (Å²) in [5.74, 6) is 0.705. The summed E-state index contributed by atoms with van der Waals surface area (Å²) in [6.07, 6.45) is 1.81. The summed E-state index contributed by atoms with van der Waals surface area (Å²) in [6, 6.07) is 5.77. The van der Waals surface area contributed by atoms with Gasteiger partial charge in [0.2, 0.25) is 0 Å². The lowest BCUT2D eigenvalue weighted by molar-refractivity contribution is 0.281. The highest BCUT2D eigenvalue weighted by molar-refractivity contribution is 5.85. The zero-order chi connectivity index (χ0) is 12.8. The van der Waals surface area contributed by atoms with Crippen molar-refractivity contribution in [3.8, 4) is 5.75 Å². The van der Waals surface area contributed by atoms with Crippen LogP contribution in [0.3, 0.4) is 0 Å². The van der Waals surface area contributed by atoms with Gasteiger partial charge in [0.1, 0.15) is 11.3 Å². The second-order valence-electron chi connectivity index (χ2n) is 3.54. The number of rotatable bonds is 2. The molecule has 0 atom stereocenters. The summed E-state index contributed by atoms with van der Waals surface area (Å²) < 4.78 is 5.24. The van der Waals surface area contributed by atoms with E-state index in [0.29, 0.717) is 5.75 Å². The maximum atomic E-state index is 9.11.